The van der Waals surface area contributed by atoms with Crippen molar-refractivity contribution < 1.29 is 19.1 Å². The first kappa shape index (κ1) is 19.1. The summed E-state index contributed by atoms with van der Waals surface area (Å²) in [6.45, 7) is 3.00. The number of ether oxygens (including phenoxy) is 2. The second-order valence-electron chi connectivity index (χ2n) is 5.33. The number of carbonyl (C=O) groups excluding carboxylic acids is 2. The Kier molecular flexibility index (Phi) is 6.67. The molecule has 0 saturated carbocycles. The molecule has 7 heteroatoms. The highest BCUT2D eigenvalue weighted by atomic mass is 35.5. The molecule has 2 rings (SSSR count). The summed E-state index contributed by atoms with van der Waals surface area (Å²) in [4.78, 5) is 23.8. The second kappa shape index (κ2) is 8.74. The summed E-state index contributed by atoms with van der Waals surface area (Å²) in [6.07, 6.45) is -0.849. The Morgan fingerprint density at radius 3 is 2.40 bits per heavy atom. The van der Waals surface area contributed by atoms with E-state index in [4.69, 9.17) is 32.7 Å². The third kappa shape index (κ3) is 5.66. The molecule has 0 radical (unpaired) electrons. The van der Waals surface area contributed by atoms with Gasteiger partial charge in [0.15, 0.2) is 12.7 Å². The monoisotopic (exact) mass is 381 g/mol. The number of amides is 1. The van der Waals surface area contributed by atoms with Crippen molar-refractivity contribution in [2.45, 2.75) is 20.0 Å². The van der Waals surface area contributed by atoms with Gasteiger partial charge in [-0.2, -0.15) is 0 Å². The molecule has 1 atom stereocenters. The van der Waals surface area contributed by atoms with Crippen molar-refractivity contribution in [3.8, 4) is 5.75 Å². The number of para-hydroxylation sites is 1. The van der Waals surface area contributed by atoms with Crippen LogP contribution in [0.5, 0.6) is 5.75 Å². The molecule has 2 aromatic carbocycles. The average Bonchev–Trinajstić information content (AvgIpc) is 2.56. The van der Waals surface area contributed by atoms with Crippen LogP contribution in [0.1, 0.15) is 12.5 Å². The number of benzene rings is 2. The third-order valence-corrected chi connectivity index (χ3v) is 3.84. The summed E-state index contributed by atoms with van der Waals surface area (Å²) in [6, 6.07) is 12.1. The molecule has 0 aromatic heterocycles. The molecule has 2 aromatic rings. The Labute approximate surface area is 155 Å². The number of carbonyl (C=O) groups is 2. The minimum Gasteiger partial charge on any atom is -0.479 e. The largest absolute Gasteiger partial charge is 0.479 e. The van der Waals surface area contributed by atoms with E-state index in [1.165, 1.54) is 0 Å². The van der Waals surface area contributed by atoms with Crippen molar-refractivity contribution in [1.82, 2.24) is 0 Å². The summed E-state index contributed by atoms with van der Waals surface area (Å²) in [5.74, 6) is -0.648. The molecule has 25 heavy (non-hydrogen) atoms. The van der Waals surface area contributed by atoms with Gasteiger partial charge in [0, 0.05) is 0 Å². The van der Waals surface area contributed by atoms with Crippen molar-refractivity contribution in [2.75, 3.05) is 11.9 Å². The zero-order chi connectivity index (χ0) is 18.4. The first-order valence-electron chi connectivity index (χ1n) is 7.50. The second-order valence-corrected chi connectivity index (χ2v) is 6.14. The van der Waals surface area contributed by atoms with Gasteiger partial charge in [0.2, 0.25) is 0 Å². The lowest BCUT2D eigenvalue weighted by Gasteiger charge is -2.14. The highest BCUT2D eigenvalue weighted by molar-refractivity contribution is 6.39. The van der Waals surface area contributed by atoms with E-state index in [1.807, 2.05) is 19.1 Å². The number of hydrogen-bond donors (Lipinski definition) is 1. The number of nitrogens with one attached hydrogen (secondary N) is 1. The summed E-state index contributed by atoms with van der Waals surface area (Å²) in [5.41, 5.74) is 1.28. The highest BCUT2D eigenvalue weighted by Crippen LogP contribution is 2.29. The molecule has 0 fully saturated rings. The van der Waals surface area contributed by atoms with Gasteiger partial charge in [-0.1, -0.05) is 41.4 Å². The van der Waals surface area contributed by atoms with E-state index in [0.29, 0.717) is 15.8 Å². The fourth-order valence-corrected chi connectivity index (χ4v) is 2.48. The van der Waals surface area contributed by atoms with Crippen LogP contribution in [-0.4, -0.2) is 24.6 Å². The molecule has 0 spiro atoms. The van der Waals surface area contributed by atoms with Crippen molar-refractivity contribution >= 4 is 40.8 Å². The molecule has 0 aliphatic heterocycles. The topological polar surface area (TPSA) is 64.6 Å². The van der Waals surface area contributed by atoms with Gasteiger partial charge in [-0.05, 0) is 43.7 Å². The zero-order valence-corrected chi connectivity index (χ0v) is 15.2. The predicted molar refractivity (Wildman–Crippen MR) is 97.3 cm³/mol. The molecule has 0 bridgehead atoms. The van der Waals surface area contributed by atoms with Crippen molar-refractivity contribution in [1.29, 1.82) is 0 Å². The van der Waals surface area contributed by atoms with Gasteiger partial charge in [-0.25, -0.2) is 4.79 Å². The summed E-state index contributed by atoms with van der Waals surface area (Å²) in [5, 5.41) is 3.10. The van der Waals surface area contributed by atoms with Crippen LogP contribution in [0.15, 0.2) is 42.5 Å². The molecular formula is C18H17Cl2NO4. The molecular weight excluding hydrogens is 365 g/mol. The molecule has 0 aliphatic rings. The summed E-state index contributed by atoms with van der Waals surface area (Å²) in [7, 11) is 0. The lowest BCUT2D eigenvalue weighted by molar-refractivity contribution is -0.153. The Bertz CT molecular complexity index is 759. The van der Waals surface area contributed by atoms with Gasteiger partial charge >= 0.3 is 5.97 Å². The minimum absolute atomic E-state index is 0.274. The fourth-order valence-electron chi connectivity index (χ4n) is 1.99. The number of halogens is 2. The maximum absolute atomic E-state index is 11.9. The highest BCUT2D eigenvalue weighted by Gasteiger charge is 2.18. The van der Waals surface area contributed by atoms with Crippen LogP contribution >= 0.6 is 23.2 Å². The molecule has 0 aliphatic carbocycles. The van der Waals surface area contributed by atoms with Crippen LogP contribution in [0.4, 0.5) is 5.69 Å². The predicted octanol–water partition coefficient (Wildman–Crippen LogP) is 4.25. The standard InChI is InChI=1S/C18H17Cl2NO4/c1-11-5-3-6-13(9-11)25-12(2)18(23)24-10-16(22)21-17-14(19)7-4-8-15(17)20/h3-9,12H,10H2,1-2H3,(H,21,22)/t12-/m1/s1. The molecule has 132 valence electrons. The molecule has 0 saturated heterocycles. The van der Waals surface area contributed by atoms with Gasteiger partial charge in [-0.3, -0.25) is 4.79 Å². The number of aryl methyl sites for hydroxylation is 1. The average molecular weight is 382 g/mol. The molecule has 5 nitrogen and oxygen atoms in total. The molecule has 1 amide bonds. The summed E-state index contributed by atoms with van der Waals surface area (Å²) >= 11 is 11.9. The maximum Gasteiger partial charge on any atom is 0.347 e. The molecule has 0 heterocycles. The van der Waals surface area contributed by atoms with E-state index < -0.39 is 24.6 Å². The van der Waals surface area contributed by atoms with Gasteiger partial charge in [0.05, 0.1) is 15.7 Å². The van der Waals surface area contributed by atoms with E-state index in [9.17, 15) is 9.59 Å². The number of esters is 1. The van der Waals surface area contributed by atoms with E-state index in [1.54, 1.807) is 37.3 Å². The van der Waals surface area contributed by atoms with E-state index in [-0.39, 0.29) is 5.69 Å². The quantitative estimate of drug-likeness (QED) is 0.759. The Morgan fingerprint density at radius 1 is 1.12 bits per heavy atom. The third-order valence-electron chi connectivity index (χ3n) is 3.21. The van der Waals surface area contributed by atoms with Gasteiger partial charge < -0.3 is 14.8 Å². The fraction of sp³-hybridized carbons (Fsp3) is 0.222. The van der Waals surface area contributed by atoms with Gasteiger partial charge in [0.25, 0.3) is 5.91 Å². The summed E-state index contributed by atoms with van der Waals surface area (Å²) < 4.78 is 10.5. The smallest absolute Gasteiger partial charge is 0.347 e. The zero-order valence-electron chi connectivity index (χ0n) is 13.7. The van der Waals surface area contributed by atoms with Gasteiger partial charge in [-0.15, -0.1) is 0 Å². The Morgan fingerprint density at radius 2 is 1.76 bits per heavy atom. The first-order chi connectivity index (χ1) is 11.9. The van der Waals surface area contributed by atoms with Crippen LogP contribution in [0.3, 0.4) is 0 Å². The normalized spacial score (nSPS) is 11.5. The van der Waals surface area contributed by atoms with Crippen LogP contribution in [0.2, 0.25) is 10.0 Å². The molecule has 0 unspecified atom stereocenters. The van der Waals surface area contributed by atoms with Crippen LogP contribution in [0.25, 0.3) is 0 Å². The lowest BCUT2D eigenvalue weighted by Crippen LogP contribution is -2.29. The number of hydrogen-bond acceptors (Lipinski definition) is 4. The van der Waals surface area contributed by atoms with Crippen LogP contribution in [0, 0.1) is 6.92 Å². The van der Waals surface area contributed by atoms with Crippen LogP contribution < -0.4 is 10.1 Å². The van der Waals surface area contributed by atoms with Crippen LogP contribution in [-0.2, 0) is 14.3 Å². The SMILES string of the molecule is Cc1cccc(O[C@H](C)C(=O)OCC(=O)Nc2c(Cl)cccc2Cl)c1. The van der Waals surface area contributed by atoms with Crippen molar-refractivity contribution in [3.63, 3.8) is 0 Å². The Hall–Kier alpha value is -2.24. The van der Waals surface area contributed by atoms with E-state index in [0.717, 1.165) is 5.56 Å². The van der Waals surface area contributed by atoms with Crippen molar-refractivity contribution in [3.05, 3.63) is 58.1 Å². The van der Waals surface area contributed by atoms with E-state index in [2.05, 4.69) is 5.32 Å². The lowest BCUT2D eigenvalue weighted by atomic mass is 10.2. The van der Waals surface area contributed by atoms with Gasteiger partial charge in [0.1, 0.15) is 5.75 Å². The number of anilines is 1. The first-order valence-corrected chi connectivity index (χ1v) is 8.26. The van der Waals surface area contributed by atoms with E-state index >= 15 is 0 Å². The minimum atomic E-state index is -0.849. The maximum atomic E-state index is 11.9. The van der Waals surface area contributed by atoms with Crippen molar-refractivity contribution in [2.24, 2.45) is 0 Å². The Balaban J connectivity index is 1.85. The molecule has 1 N–H and O–H groups in total. The number of rotatable bonds is 6.